The molecule has 1 heterocycles. The molecule has 5 heteroatoms. The van der Waals surface area contributed by atoms with Gasteiger partial charge in [0.15, 0.2) is 0 Å². The monoisotopic (exact) mass is 269 g/mol. The summed E-state index contributed by atoms with van der Waals surface area (Å²) in [6, 6.07) is 11.4. The van der Waals surface area contributed by atoms with Crippen LogP contribution in [0, 0.1) is 5.82 Å². The number of halogens is 1. The number of anilines is 1. The number of hydrogen-bond donors (Lipinski definition) is 1. The van der Waals surface area contributed by atoms with Crippen molar-refractivity contribution >= 4 is 16.5 Å². The standard InChI is InChI=1S/C15H12FN3O/c16-12-5-10(6-13(17)7-12)9-19-15(20)14-4-2-1-3-11(14)8-18-19/h1-8H,9,17H2. The highest BCUT2D eigenvalue weighted by Crippen LogP contribution is 2.12. The lowest BCUT2D eigenvalue weighted by Crippen LogP contribution is -2.23. The van der Waals surface area contributed by atoms with Crippen molar-refractivity contribution in [1.82, 2.24) is 9.78 Å². The first-order chi connectivity index (χ1) is 9.63. The molecule has 0 amide bonds. The normalized spacial score (nSPS) is 10.8. The number of fused-ring (bicyclic) bond motifs is 1. The van der Waals surface area contributed by atoms with Gasteiger partial charge >= 0.3 is 0 Å². The summed E-state index contributed by atoms with van der Waals surface area (Å²) in [6.45, 7) is 0.186. The van der Waals surface area contributed by atoms with Gasteiger partial charge < -0.3 is 5.73 Å². The third-order valence-corrected chi connectivity index (χ3v) is 3.07. The summed E-state index contributed by atoms with van der Waals surface area (Å²) in [7, 11) is 0. The van der Waals surface area contributed by atoms with Crippen molar-refractivity contribution in [3.8, 4) is 0 Å². The second kappa shape index (κ2) is 4.77. The van der Waals surface area contributed by atoms with Crippen LogP contribution in [0.15, 0.2) is 53.5 Å². The summed E-state index contributed by atoms with van der Waals surface area (Å²) in [5, 5.41) is 5.48. The van der Waals surface area contributed by atoms with Crippen molar-refractivity contribution in [3.63, 3.8) is 0 Å². The smallest absolute Gasteiger partial charge is 0.274 e. The van der Waals surface area contributed by atoms with E-state index in [0.29, 0.717) is 16.6 Å². The number of nitrogens with zero attached hydrogens (tertiary/aromatic N) is 2. The number of rotatable bonds is 2. The Morgan fingerprint density at radius 2 is 2.00 bits per heavy atom. The zero-order valence-electron chi connectivity index (χ0n) is 10.6. The van der Waals surface area contributed by atoms with E-state index in [1.54, 1.807) is 24.4 Å². The van der Waals surface area contributed by atoms with Crippen molar-refractivity contribution in [2.75, 3.05) is 5.73 Å². The number of benzene rings is 2. The second-order valence-corrected chi connectivity index (χ2v) is 4.59. The average Bonchev–Trinajstić information content (AvgIpc) is 2.41. The van der Waals surface area contributed by atoms with Crippen molar-refractivity contribution < 1.29 is 4.39 Å². The fourth-order valence-corrected chi connectivity index (χ4v) is 2.18. The second-order valence-electron chi connectivity index (χ2n) is 4.59. The first kappa shape index (κ1) is 12.3. The van der Waals surface area contributed by atoms with E-state index in [-0.39, 0.29) is 12.1 Å². The number of aromatic nitrogens is 2. The predicted molar refractivity (Wildman–Crippen MR) is 75.9 cm³/mol. The number of nitrogens with two attached hydrogens (primary N) is 1. The predicted octanol–water partition coefficient (Wildman–Crippen LogP) is 2.17. The van der Waals surface area contributed by atoms with E-state index in [1.165, 1.54) is 16.8 Å². The zero-order valence-corrected chi connectivity index (χ0v) is 10.6. The van der Waals surface area contributed by atoms with Gasteiger partial charge in [-0.2, -0.15) is 5.10 Å². The van der Waals surface area contributed by atoms with Gasteiger partial charge in [0.05, 0.1) is 18.1 Å². The lowest BCUT2D eigenvalue weighted by atomic mass is 10.2. The molecule has 2 N–H and O–H groups in total. The fourth-order valence-electron chi connectivity index (χ4n) is 2.18. The molecule has 2 aromatic carbocycles. The van der Waals surface area contributed by atoms with Crippen molar-refractivity contribution in [1.29, 1.82) is 0 Å². The maximum atomic E-state index is 13.3. The molecule has 0 atom stereocenters. The Balaban J connectivity index is 2.07. The lowest BCUT2D eigenvalue weighted by Gasteiger charge is -2.07. The summed E-state index contributed by atoms with van der Waals surface area (Å²) in [5.41, 5.74) is 6.32. The molecule has 0 saturated carbocycles. The van der Waals surface area contributed by atoms with Gasteiger partial charge in [-0.1, -0.05) is 18.2 Å². The Morgan fingerprint density at radius 3 is 2.80 bits per heavy atom. The summed E-state index contributed by atoms with van der Waals surface area (Å²) >= 11 is 0. The molecule has 0 bridgehead atoms. The minimum atomic E-state index is -0.422. The van der Waals surface area contributed by atoms with E-state index in [0.717, 1.165) is 5.39 Å². The van der Waals surface area contributed by atoms with E-state index in [1.807, 2.05) is 12.1 Å². The molecule has 4 nitrogen and oxygen atoms in total. The summed E-state index contributed by atoms with van der Waals surface area (Å²) in [6.07, 6.45) is 1.62. The highest BCUT2D eigenvalue weighted by atomic mass is 19.1. The van der Waals surface area contributed by atoms with Crippen molar-refractivity contribution in [2.45, 2.75) is 6.54 Å². The van der Waals surface area contributed by atoms with Gasteiger partial charge in [0, 0.05) is 11.1 Å². The Kier molecular flexibility index (Phi) is 2.95. The molecule has 0 spiro atoms. The van der Waals surface area contributed by atoms with Crippen LogP contribution in [0.5, 0.6) is 0 Å². The van der Waals surface area contributed by atoms with Crippen LogP contribution in [-0.2, 0) is 6.54 Å². The van der Waals surface area contributed by atoms with E-state index in [2.05, 4.69) is 5.10 Å². The third-order valence-electron chi connectivity index (χ3n) is 3.07. The maximum Gasteiger partial charge on any atom is 0.274 e. The molecule has 0 aliphatic carbocycles. The number of hydrogen-bond acceptors (Lipinski definition) is 3. The Hall–Kier alpha value is -2.69. The Bertz CT molecular complexity index is 822. The molecule has 0 saturated heterocycles. The Labute approximate surface area is 114 Å². The zero-order chi connectivity index (χ0) is 14.1. The molecule has 100 valence electrons. The first-order valence-corrected chi connectivity index (χ1v) is 6.13. The molecule has 0 aliphatic heterocycles. The quantitative estimate of drug-likeness (QED) is 0.725. The van der Waals surface area contributed by atoms with Crippen LogP contribution in [0.2, 0.25) is 0 Å². The highest BCUT2D eigenvalue weighted by molar-refractivity contribution is 5.80. The van der Waals surface area contributed by atoms with Crippen LogP contribution in [0.4, 0.5) is 10.1 Å². The van der Waals surface area contributed by atoms with Crippen LogP contribution in [0.3, 0.4) is 0 Å². The van der Waals surface area contributed by atoms with Crippen LogP contribution < -0.4 is 11.3 Å². The SMILES string of the molecule is Nc1cc(F)cc(Cn2ncc3ccccc3c2=O)c1. The topological polar surface area (TPSA) is 60.9 Å². The van der Waals surface area contributed by atoms with Crippen molar-refractivity contribution in [2.24, 2.45) is 0 Å². The minimum Gasteiger partial charge on any atom is -0.399 e. The van der Waals surface area contributed by atoms with Gasteiger partial charge in [0.1, 0.15) is 5.82 Å². The fraction of sp³-hybridized carbons (Fsp3) is 0.0667. The van der Waals surface area contributed by atoms with Gasteiger partial charge in [-0.3, -0.25) is 4.79 Å². The molecule has 3 rings (SSSR count). The maximum absolute atomic E-state index is 13.3. The molecule has 20 heavy (non-hydrogen) atoms. The summed E-state index contributed by atoms with van der Waals surface area (Å²) < 4.78 is 14.6. The molecule has 0 aliphatic rings. The molecule has 1 aromatic heterocycles. The largest absolute Gasteiger partial charge is 0.399 e. The average molecular weight is 269 g/mol. The highest BCUT2D eigenvalue weighted by Gasteiger charge is 2.05. The molecule has 0 radical (unpaired) electrons. The lowest BCUT2D eigenvalue weighted by molar-refractivity contribution is 0.614. The van der Waals surface area contributed by atoms with Crippen LogP contribution in [0.1, 0.15) is 5.56 Å². The molecule has 0 fully saturated rings. The first-order valence-electron chi connectivity index (χ1n) is 6.13. The van der Waals surface area contributed by atoms with Crippen LogP contribution in [0.25, 0.3) is 10.8 Å². The van der Waals surface area contributed by atoms with E-state index < -0.39 is 5.82 Å². The van der Waals surface area contributed by atoms with Gasteiger partial charge in [-0.05, 0) is 29.8 Å². The minimum absolute atomic E-state index is 0.186. The third kappa shape index (κ3) is 2.25. The number of nitrogen functional groups attached to an aromatic ring is 1. The van der Waals surface area contributed by atoms with Gasteiger partial charge in [0.25, 0.3) is 5.56 Å². The van der Waals surface area contributed by atoms with E-state index in [4.69, 9.17) is 5.73 Å². The molecular formula is C15H12FN3O. The van der Waals surface area contributed by atoms with Crippen LogP contribution in [-0.4, -0.2) is 9.78 Å². The van der Waals surface area contributed by atoms with E-state index >= 15 is 0 Å². The molecule has 3 aromatic rings. The van der Waals surface area contributed by atoms with Gasteiger partial charge in [-0.25, -0.2) is 9.07 Å². The summed E-state index contributed by atoms with van der Waals surface area (Å²) in [4.78, 5) is 12.3. The Morgan fingerprint density at radius 1 is 1.20 bits per heavy atom. The molecule has 0 unspecified atom stereocenters. The van der Waals surface area contributed by atoms with Crippen LogP contribution >= 0.6 is 0 Å². The van der Waals surface area contributed by atoms with E-state index in [9.17, 15) is 9.18 Å². The van der Waals surface area contributed by atoms with Gasteiger partial charge in [0.2, 0.25) is 0 Å². The molecular weight excluding hydrogens is 257 g/mol. The summed E-state index contributed by atoms with van der Waals surface area (Å²) in [5.74, 6) is -0.422. The van der Waals surface area contributed by atoms with Crippen molar-refractivity contribution in [3.05, 3.63) is 70.4 Å². The van der Waals surface area contributed by atoms with Gasteiger partial charge in [-0.15, -0.1) is 0 Å².